The lowest BCUT2D eigenvalue weighted by Gasteiger charge is -2.16. The molecule has 0 bridgehead atoms. The topological polar surface area (TPSA) is 72.2 Å². The van der Waals surface area contributed by atoms with Crippen LogP contribution in [0.25, 0.3) is 0 Å². The molecule has 0 spiro atoms. The highest BCUT2D eigenvalue weighted by atomic mass is 32.2. The van der Waals surface area contributed by atoms with E-state index in [1.807, 2.05) is 11.8 Å². The third-order valence-corrected chi connectivity index (χ3v) is 5.08. The fourth-order valence-electron chi connectivity index (χ4n) is 1.68. The SMILES string of the molecule is CSC(C)CCNC(C)c1ccc(S(N)(=O)=O)cc1. The van der Waals surface area contributed by atoms with Gasteiger partial charge in [-0.2, -0.15) is 11.8 Å². The van der Waals surface area contributed by atoms with E-state index in [4.69, 9.17) is 5.14 Å². The van der Waals surface area contributed by atoms with E-state index in [1.165, 1.54) is 0 Å². The van der Waals surface area contributed by atoms with Crippen molar-refractivity contribution in [3.8, 4) is 0 Å². The second kappa shape index (κ2) is 7.28. The molecule has 2 atom stereocenters. The van der Waals surface area contributed by atoms with Crippen LogP contribution in [0.5, 0.6) is 0 Å². The summed E-state index contributed by atoms with van der Waals surface area (Å²) in [5.41, 5.74) is 1.06. The van der Waals surface area contributed by atoms with E-state index in [0.29, 0.717) is 5.25 Å². The molecule has 0 radical (unpaired) electrons. The monoisotopic (exact) mass is 302 g/mol. The summed E-state index contributed by atoms with van der Waals surface area (Å²) >= 11 is 1.86. The van der Waals surface area contributed by atoms with E-state index in [2.05, 4.69) is 25.4 Å². The summed E-state index contributed by atoms with van der Waals surface area (Å²) in [7, 11) is -3.60. The minimum atomic E-state index is -3.60. The average Bonchev–Trinajstić information content (AvgIpc) is 2.37. The lowest BCUT2D eigenvalue weighted by Crippen LogP contribution is -2.22. The van der Waals surface area contributed by atoms with Crippen LogP contribution in [0.4, 0.5) is 0 Å². The van der Waals surface area contributed by atoms with Crippen molar-refractivity contribution in [3.05, 3.63) is 29.8 Å². The van der Waals surface area contributed by atoms with Crippen LogP contribution < -0.4 is 10.5 Å². The summed E-state index contributed by atoms with van der Waals surface area (Å²) in [4.78, 5) is 0.152. The van der Waals surface area contributed by atoms with Gasteiger partial charge in [0.05, 0.1) is 4.90 Å². The molecule has 0 saturated carbocycles. The molecule has 0 aromatic heterocycles. The molecule has 2 unspecified atom stereocenters. The normalized spacial score (nSPS) is 15.2. The van der Waals surface area contributed by atoms with Crippen LogP contribution in [0.2, 0.25) is 0 Å². The molecule has 3 N–H and O–H groups in total. The summed E-state index contributed by atoms with van der Waals surface area (Å²) < 4.78 is 22.3. The Labute approximate surface area is 120 Å². The Morgan fingerprint density at radius 2 is 1.84 bits per heavy atom. The number of primary sulfonamides is 1. The smallest absolute Gasteiger partial charge is 0.238 e. The van der Waals surface area contributed by atoms with Gasteiger partial charge in [-0.25, -0.2) is 13.6 Å². The van der Waals surface area contributed by atoms with Crippen molar-refractivity contribution in [1.82, 2.24) is 5.32 Å². The predicted octanol–water partition coefficient (Wildman–Crippen LogP) is 2.13. The Hall–Kier alpha value is -0.560. The molecule has 1 aromatic rings. The minimum Gasteiger partial charge on any atom is -0.310 e. The Morgan fingerprint density at radius 1 is 1.26 bits per heavy atom. The van der Waals surface area contributed by atoms with Gasteiger partial charge in [0, 0.05) is 11.3 Å². The lowest BCUT2D eigenvalue weighted by molar-refractivity contribution is 0.557. The highest BCUT2D eigenvalue weighted by molar-refractivity contribution is 7.99. The number of nitrogens with two attached hydrogens (primary N) is 1. The highest BCUT2D eigenvalue weighted by Gasteiger charge is 2.09. The van der Waals surface area contributed by atoms with Gasteiger partial charge in [0.1, 0.15) is 0 Å². The predicted molar refractivity (Wildman–Crippen MR) is 81.8 cm³/mol. The molecule has 0 fully saturated rings. The van der Waals surface area contributed by atoms with E-state index in [1.54, 1.807) is 24.3 Å². The second-order valence-electron chi connectivity index (χ2n) is 4.62. The van der Waals surface area contributed by atoms with Crippen molar-refractivity contribution in [3.63, 3.8) is 0 Å². The molecule has 19 heavy (non-hydrogen) atoms. The Kier molecular flexibility index (Phi) is 6.32. The summed E-state index contributed by atoms with van der Waals surface area (Å²) in [5.74, 6) is 0. The molecule has 0 aliphatic rings. The zero-order chi connectivity index (χ0) is 14.5. The quantitative estimate of drug-likeness (QED) is 0.809. The molecule has 0 aliphatic carbocycles. The van der Waals surface area contributed by atoms with Crippen LogP contribution in [0.3, 0.4) is 0 Å². The molecule has 1 aromatic carbocycles. The van der Waals surface area contributed by atoms with Crippen molar-refractivity contribution >= 4 is 21.8 Å². The van der Waals surface area contributed by atoms with E-state index in [0.717, 1.165) is 18.5 Å². The number of nitrogens with one attached hydrogen (secondary N) is 1. The fraction of sp³-hybridized carbons (Fsp3) is 0.538. The van der Waals surface area contributed by atoms with Gasteiger partial charge in [0.25, 0.3) is 0 Å². The van der Waals surface area contributed by atoms with Gasteiger partial charge in [0.15, 0.2) is 0 Å². The maximum absolute atomic E-state index is 11.2. The molecule has 0 heterocycles. The van der Waals surface area contributed by atoms with Gasteiger partial charge in [-0.3, -0.25) is 0 Å². The van der Waals surface area contributed by atoms with Crippen LogP contribution in [0.1, 0.15) is 31.9 Å². The van der Waals surface area contributed by atoms with E-state index in [-0.39, 0.29) is 10.9 Å². The van der Waals surface area contributed by atoms with E-state index >= 15 is 0 Å². The summed E-state index contributed by atoms with van der Waals surface area (Å²) in [5, 5.41) is 9.14. The molecule has 6 heteroatoms. The lowest BCUT2D eigenvalue weighted by atomic mass is 10.1. The second-order valence-corrected chi connectivity index (χ2v) is 7.46. The first-order valence-electron chi connectivity index (χ1n) is 6.23. The number of thioether (sulfide) groups is 1. The number of sulfonamides is 1. The Bertz CT molecular complexity index is 486. The molecule has 0 amide bonds. The molecule has 108 valence electrons. The first-order chi connectivity index (χ1) is 8.84. The summed E-state index contributed by atoms with van der Waals surface area (Å²) in [6.07, 6.45) is 3.22. The number of hydrogen-bond acceptors (Lipinski definition) is 4. The fourth-order valence-corrected chi connectivity index (χ4v) is 2.55. The summed E-state index contributed by atoms with van der Waals surface area (Å²) in [6.45, 7) is 5.22. The van der Waals surface area contributed by atoms with Crippen molar-refractivity contribution in [2.75, 3.05) is 12.8 Å². The minimum absolute atomic E-state index is 0.152. The average molecular weight is 302 g/mol. The van der Waals surface area contributed by atoms with Crippen molar-refractivity contribution in [2.45, 2.75) is 36.5 Å². The van der Waals surface area contributed by atoms with E-state index in [9.17, 15) is 8.42 Å². The molecular formula is C13H22N2O2S2. The number of rotatable bonds is 7. The van der Waals surface area contributed by atoms with Crippen molar-refractivity contribution in [1.29, 1.82) is 0 Å². The Balaban J connectivity index is 2.56. The molecular weight excluding hydrogens is 280 g/mol. The van der Waals surface area contributed by atoms with Crippen LogP contribution in [-0.2, 0) is 10.0 Å². The van der Waals surface area contributed by atoms with Gasteiger partial charge < -0.3 is 5.32 Å². The molecule has 4 nitrogen and oxygen atoms in total. The zero-order valence-electron chi connectivity index (χ0n) is 11.6. The van der Waals surface area contributed by atoms with Crippen molar-refractivity contribution in [2.24, 2.45) is 5.14 Å². The maximum atomic E-state index is 11.2. The van der Waals surface area contributed by atoms with Crippen LogP contribution in [-0.4, -0.2) is 26.5 Å². The number of hydrogen-bond donors (Lipinski definition) is 2. The van der Waals surface area contributed by atoms with Gasteiger partial charge in [0.2, 0.25) is 10.0 Å². The molecule has 0 aliphatic heterocycles. The highest BCUT2D eigenvalue weighted by Crippen LogP contribution is 2.16. The van der Waals surface area contributed by atoms with Gasteiger partial charge in [-0.15, -0.1) is 0 Å². The third-order valence-electron chi connectivity index (χ3n) is 3.11. The summed E-state index contributed by atoms with van der Waals surface area (Å²) in [6, 6.07) is 6.90. The van der Waals surface area contributed by atoms with Gasteiger partial charge in [-0.1, -0.05) is 19.1 Å². The molecule has 1 rings (SSSR count). The first kappa shape index (κ1) is 16.5. The largest absolute Gasteiger partial charge is 0.310 e. The van der Waals surface area contributed by atoms with Crippen LogP contribution in [0, 0.1) is 0 Å². The Morgan fingerprint density at radius 3 is 2.32 bits per heavy atom. The van der Waals surface area contributed by atoms with E-state index < -0.39 is 10.0 Å². The van der Waals surface area contributed by atoms with Crippen LogP contribution >= 0.6 is 11.8 Å². The number of benzene rings is 1. The standard InChI is InChI=1S/C13H22N2O2S2/c1-10(18-3)8-9-15-11(2)12-4-6-13(7-5-12)19(14,16)17/h4-7,10-11,15H,8-9H2,1-3H3,(H2,14,16,17). The zero-order valence-corrected chi connectivity index (χ0v) is 13.2. The first-order valence-corrected chi connectivity index (χ1v) is 9.07. The van der Waals surface area contributed by atoms with Gasteiger partial charge in [-0.05, 0) is 43.8 Å². The van der Waals surface area contributed by atoms with Gasteiger partial charge >= 0.3 is 0 Å². The maximum Gasteiger partial charge on any atom is 0.238 e. The van der Waals surface area contributed by atoms with Crippen LogP contribution in [0.15, 0.2) is 29.2 Å². The molecule has 0 saturated heterocycles. The van der Waals surface area contributed by atoms with Crippen molar-refractivity contribution < 1.29 is 8.42 Å². The third kappa shape index (κ3) is 5.52.